The van der Waals surface area contributed by atoms with Gasteiger partial charge in [0.25, 0.3) is 0 Å². The van der Waals surface area contributed by atoms with Crippen molar-refractivity contribution in [1.82, 2.24) is 9.97 Å². The number of rotatable bonds is 2. The summed E-state index contributed by atoms with van der Waals surface area (Å²) in [4.78, 5) is 11.2. The van der Waals surface area contributed by atoms with Crippen LogP contribution in [-0.4, -0.2) is 9.97 Å². The van der Waals surface area contributed by atoms with Crippen LogP contribution in [0.15, 0.2) is 66.9 Å². The van der Waals surface area contributed by atoms with Crippen LogP contribution in [0.25, 0.3) is 42.8 Å². The second-order valence-electron chi connectivity index (χ2n) is 9.32. The van der Waals surface area contributed by atoms with Crippen molar-refractivity contribution in [3.63, 3.8) is 0 Å². The fraction of sp³-hybridized carbons (Fsp3) is 0.214. The first-order chi connectivity index (χ1) is 14.9. The van der Waals surface area contributed by atoms with Gasteiger partial charge in [-0.1, -0.05) is 76.2 Å². The Morgan fingerprint density at radius 3 is 2.52 bits per heavy atom. The number of hydrogen-bond acceptors (Lipinski definition) is 3. The molecule has 2 nitrogen and oxygen atoms in total. The normalized spacial score (nSPS) is 14.4. The standard InChI is InChI=1S/C28H24N2S/c1-16(2)17-12-13-18-15-29-27(30-22(18)14-17)21-10-7-9-20-24(21)28(3,4)25-19-8-5-6-11-23(19)31-26(20)25/h5-16H,1-4H3. The van der Waals surface area contributed by atoms with Gasteiger partial charge in [0, 0.05) is 32.1 Å². The van der Waals surface area contributed by atoms with Gasteiger partial charge in [-0.05, 0) is 45.7 Å². The second kappa shape index (κ2) is 6.48. The molecule has 0 bridgehead atoms. The summed E-state index contributed by atoms with van der Waals surface area (Å²) in [7, 11) is 0. The highest BCUT2D eigenvalue weighted by molar-refractivity contribution is 7.22. The van der Waals surface area contributed by atoms with E-state index in [2.05, 4.69) is 88.4 Å². The van der Waals surface area contributed by atoms with Gasteiger partial charge in [0.05, 0.1) is 5.52 Å². The molecule has 6 rings (SSSR count). The van der Waals surface area contributed by atoms with Gasteiger partial charge < -0.3 is 0 Å². The molecule has 0 unspecified atom stereocenters. The molecule has 0 aliphatic heterocycles. The van der Waals surface area contributed by atoms with E-state index in [0.29, 0.717) is 5.92 Å². The van der Waals surface area contributed by atoms with Crippen molar-refractivity contribution in [2.45, 2.75) is 39.0 Å². The van der Waals surface area contributed by atoms with E-state index >= 15 is 0 Å². The Kier molecular flexibility index (Phi) is 3.91. The van der Waals surface area contributed by atoms with Gasteiger partial charge in [-0.15, -0.1) is 11.3 Å². The van der Waals surface area contributed by atoms with Crippen LogP contribution < -0.4 is 0 Å². The third kappa shape index (κ3) is 2.63. The Hall–Kier alpha value is -3.04. The molecule has 0 fully saturated rings. The highest BCUT2D eigenvalue weighted by Gasteiger charge is 2.40. The average Bonchev–Trinajstić information content (AvgIpc) is 3.27. The van der Waals surface area contributed by atoms with Crippen LogP contribution in [0, 0.1) is 0 Å². The van der Waals surface area contributed by atoms with E-state index in [4.69, 9.17) is 9.97 Å². The largest absolute Gasteiger partial charge is 0.236 e. The molecule has 0 amide bonds. The van der Waals surface area contributed by atoms with E-state index < -0.39 is 0 Å². The van der Waals surface area contributed by atoms with Gasteiger partial charge in [-0.25, -0.2) is 9.97 Å². The first-order valence-electron chi connectivity index (χ1n) is 10.9. The molecular formula is C28H24N2S. The van der Waals surface area contributed by atoms with Crippen LogP contribution in [0.3, 0.4) is 0 Å². The number of aromatic nitrogens is 2. The number of thiophene rings is 1. The third-order valence-electron chi connectivity index (χ3n) is 6.67. The Labute approximate surface area is 186 Å². The van der Waals surface area contributed by atoms with E-state index in [0.717, 1.165) is 22.3 Å². The van der Waals surface area contributed by atoms with Crippen LogP contribution in [0.5, 0.6) is 0 Å². The quantitative estimate of drug-likeness (QED) is 0.290. The first-order valence-corrected chi connectivity index (χ1v) is 11.7. The molecule has 0 N–H and O–H groups in total. The van der Waals surface area contributed by atoms with Gasteiger partial charge >= 0.3 is 0 Å². The number of hydrogen-bond donors (Lipinski definition) is 0. The van der Waals surface area contributed by atoms with Crippen molar-refractivity contribution < 1.29 is 0 Å². The Balaban J connectivity index is 1.59. The summed E-state index contributed by atoms with van der Waals surface area (Å²) < 4.78 is 1.36. The minimum atomic E-state index is -0.0983. The molecule has 3 heteroatoms. The lowest BCUT2D eigenvalue weighted by Crippen LogP contribution is -2.16. The monoisotopic (exact) mass is 420 g/mol. The zero-order valence-electron chi connectivity index (χ0n) is 18.2. The molecule has 152 valence electrons. The summed E-state index contributed by atoms with van der Waals surface area (Å²) in [6.07, 6.45) is 1.97. The molecule has 0 atom stereocenters. The van der Waals surface area contributed by atoms with Crippen molar-refractivity contribution in [3.05, 3.63) is 83.6 Å². The maximum atomic E-state index is 5.03. The zero-order valence-corrected chi connectivity index (χ0v) is 19.0. The molecule has 1 aliphatic rings. The van der Waals surface area contributed by atoms with Crippen molar-refractivity contribution >= 4 is 32.3 Å². The highest BCUT2D eigenvalue weighted by Crippen LogP contribution is 2.57. The lowest BCUT2D eigenvalue weighted by molar-refractivity contribution is 0.668. The van der Waals surface area contributed by atoms with Crippen molar-refractivity contribution in [3.8, 4) is 21.8 Å². The van der Waals surface area contributed by atoms with Crippen LogP contribution in [0.2, 0.25) is 0 Å². The molecule has 0 saturated heterocycles. The Morgan fingerprint density at radius 1 is 0.871 bits per heavy atom. The van der Waals surface area contributed by atoms with E-state index in [1.807, 2.05) is 17.5 Å². The fourth-order valence-electron chi connectivity index (χ4n) is 5.11. The van der Waals surface area contributed by atoms with Crippen LogP contribution >= 0.6 is 11.3 Å². The maximum Gasteiger partial charge on any atom is 0.160 e. The summed E-state index contributed by atoms with van der Waals surface area (Å²) in [6.45, 7) is 9.13. The summed E-state index contributed by atoms with van der Waals surface area (Å²) in [5, 5.41) is 2.46. The van der Waals surface area contributed by atoms with Gasteiger partial charge in [-0.2, -0.15) is 0 Å². The van der Waals surface area contributed by atoms with Gasteiger partial charge in [0.15, 0.2) is 5.82 Å². The molecule has 5 aromatic rings. The first kappa shape index (κ1) is 18.7. The molecule has 1 aliphatic carbocycles. The van der Waals surface area contributed by atoms with E-state index in [-0.39, 0.29) is 5.41 Å². The SMILES string of the molecule is CC(C)c1ccc2cnc(-c3cccc4c3C(C)(C)c3c-4sc4ccccc34)nc2c1. The zero-order chi connectivity index (χ0) is 21.3. The highest BCUT2D eigenvalue weighted by atomic mass is 32.1. The topological polar surface area (TPSA) is 25.8 Å². The minimum Gasteiger partial charge on any atom is -0.236 e. The molecule has 3 aromatic carbocycles. The van der Waals surface area contributed by atoms with Crippen LogP contribution in [-0.2, 0) is 5.41 Å². The Morgan fingerprint density at radius 2 is 1.68 bits per heavy atom. The molecule has 0 radical (unpaired) electrons. The van der Waals surface area contributed by atoms with E-state index in [1.165, 1.54) is 37.2 Å². The van der Waals surface area contributed by atoms with E-state index in [9.17, 15) is 0 Å². The predicted octanol–water partition coefficient (Wildman–Crippen LogP) is 7.94. The lowest BCUT2D eigenvalue weighted by atomic mass is 9.79. The molecule has 0 saturated carbocycles. The van der Waals surface area contributed by atoms with Crippen molar-refractivity contribution in [2.24, 2.45) is 0 Å². The van der Waals surface area contributed by atoms with Crippen LogP contribution in [0.4, 0.5) is 0 Å². The number of fused-ring (bicyclic) bond motifs is 6. The summed E-state index contributed by atoms with van der Waals surface area (Å²) in [5.41, 5.74) is 7.50. The minimum absolute atomic E-state index is 0.0983. The fourth-order valence-corrected chi connectivity index (χ4v) is 6.50. The molecule has 2 heterocycles. The Bertz CT molecular complexity index is 1490. The molecule has 31 heavy (non-hydrogen) atoms. The average molecular weight is 421 g/mol. The van der Waals surface area contributed by atoms with E-state index in [1.54, 1.807) is 0 Å². The summed E-state index contributed by atoms with van der Waals surface area (Å²) in [6, 6.07) is 21.9. The van der Waals surface area contributed by atoms with Gasteiger partial charge in [0.1, 0.15) is 0 Å². The maximum absolute atomic E-state index is 5.03. The van der Waals surface area contributed by atoms with Crippen LogP contribution in [0.1, 0.15) is 50.3 Å². The molecular weight excluding hydrogens is 396 g/mol. The predicted molar refractivity (Wildman–Crippen MR) is 132 cm³/mol. The van der Waals surface area contributed by atoms with Crippen molar-refractivity contribution in [2.75, 3.05) is 0 Å². The summed E-state index contributed by atoms with van der Waals surface area (Å²) >= 11 is 1.90. The number of nitrogens with zero attached hydrogens (tertiary/aromatic N) is 2. The lowest BCUT2D eigenvalue weighted by Gasteiger charge is -2.24. The van der Waals surface area contributed by atoms with Crippen molar-refractivity contribution in [1.29, 1.82) is 0 Å². The second-order valence-corrected chi connectivity index (χ2v) is 10.4. The summed E-state index contributed by atoms with van der Waals surface area (Å²) in [5.74, 6) is 1.30. The van der Waals surface area contributed by atoms with Gasteiger partial charge in [0.2, 0.25) is 0 Å². The molecule has 0 spiro atoms. The van der Waals surface area contributed by atoms with Gasteiger partial charge in [-0.3, -0.25) is 0 Å². The smallest absolute Gasteiger partial charge is 0.160 e. The molecule has 2 aromatic heterocycles. The number of benzene rings is 3. The third-order valence-corrected chi connectivity index (χ3v) is 7.87.